The van der Waals surface area contributed by atoms with E-state index in [4.69, 9.17) is 11.6 Å². The number of hydrogen-bond acceptors (Lipinski definition) is 5. The van der Waals surface area contributed by atoms with Gasteiger partial charge in [0.05, 0.1) is 17.0 Å². The van der Waals surface area contributed by atoms with Crippen molar-refractivity contribution in [3.63, 3.8) is 0 Å². The average molecular weight is 448 g/mol. The number of likely N-dealkylation sites (tertiary alicyclic amines) is 1. The summed E-state index contributed by atoms with van der Waals surface area (Å²) < 4.78 is 2.18. The minimum atomic E-state index is -0.123. The summed E-state index contributed by atoms with van der Waals surface area (Å²) in [5, 5.41) is 2.99. The molecule has 3 aromatic rings. The predicted octanol–water partition coefficient (Wildman–Crippen LogP) is 4.70. The number of nitrogens with zero attached hydrogens (tertiary/aromatic N) is 3. The van der Waals surface area contributed by atoms with E-state index in [9.17, 15) is 9.59 Å². The Balaban J connectivity index is 1.64. The lowest BCUT2D eigenvalue weighted by Gasteiger charge is -2.35. The minimum absolute atomic E-state index is 0.0933. The van der Waals surface area contributed by atoms with Crippen LogP contribution in [0.25, 0.3) is 15.9 Å². The van der Waals surface area contributed by atoms with Gasteiger partial charge in [0.1, 0.15) is 4.70 Å². The van der Waals surface area contributed by atoms with E-state index in [0.29, 0.717) is 37.9 Å². The van der Waals surface area contributed by atoms with Crippen molar-refractivity contribution in [1.82, 2.24) is 14.5 Å². The van der Waals surface area contributed by atoms with Crippen LogP contribution in [0.1, 0.15) is 20.3 Å². The van der Waals surface area contributed by atoms with Crippen molar-refractivity contribution in [2.75, 3.05) is 18.8 Å². The molecule has 1 aromatic carbocycles. The summed E-state index contributed by atoms with van der Waals surface area (Å²) >= 11 is 8.70. The van der Waals surface area contributed by atoms with Gasteiger partial charge in [-0.15, -0.1) is 11.3 Å². The first-order valence-corrected chi connectivity index (χ1v) is 11.8. The van der Waals surface area contributed by atoms with Gasteiger partial charge in [-0.1, -0.05) is 37.2 Å². The summed E-state index contributed by atoms with van der Waals surface area (Å²) in [7, 11) is 0. The lowest BCUT2D eigenvalue weighted by atomic mass is 9.92. The fourth-order valence-electron chi connectivity index (χ4n) is 3.89. The monoisotopic (exact) mass is 447 g/mol. The highest BCUT2D eigenvalue weighted by molar-refractivity contribution is 7.99. The van der Waals surface area contributed by atoms with Crippen LogP contribution < -0.4 is 5.56 Å². The molecule has 3 heterocycles. The Labute approximate surface area is 182 Å². The molecule has 29 heavy (non-hydrogen) atoms. The van der Waals surface area contributed by atoms with E-state index in [1.54, 1.807) is 28.8 Å². The standard InChI is InChI=1S/C21H22ClN3O2S2/c1-13-9-14(2)11-24(10-13)18(26)12-29-21-23-17-7-8-28-19(17)20(27)25(21)16-5-3-15(22)4-6-16/h3-8,13-14H,9-12H2,1-2H3/t13-,14+. The number of halogens is 1. The number of benzene rings is 1. The SMILES string of the molecule is C[C@@H]1C[C@H](C)CN(C(=O)CSc2nc3ccsc3c(=O)n2-c2ccc(Cl)cc2)C1. The molecule has 4 rings (SSSR count). The zero-order chi connectivity index (χ0) is 20.5. The van der Waals surface area contributed by atoms with Crippen LogP contribution in [0.3, 0.4) is 0 Å². The van der Waals surface area contributed by atoms with Gasteiger partial charge in [0.25, 0.3) is 5.56 Å². The molecule has 1 saturated heterocycles. The van der Waals surface area contributed by atoms with Crippen LogP contribution in [0.15, 0.2) is 45.7 Å². The van der Waals surface area contributed by atoms with Gasteiger partial charge in [-0.25, -0.2) is 4.98 Å². The quantitative estimate of drug-likeness (QED) is 0.429. The molecule has 152 valence electrons. The van der Waals surface area contributed by atoms with E-state index in [1.807, 2.05) is 16.3 Å². The molecule has 0 bridgehead atoms. The molecule has 1 aliphatic rings. The molecule has 0 saturated carbocycles. The number of piperidine rings is 1. The lowest BCUT2D eigenvalue weighted by molar-refractivity contribution is -0.130. The Kier molecular flexibility index (Phi) is 5.99. The van der Waals surface area contributed by atoms with Crippen molar-refractivity contribution in [2.24, 2.45) is 11.8 Å². The molecule has 8 heteroatoms. The molecule has 1 aliphatic heterocycles. The van der Waals surface area contributed by atoms with E-state index >= 15 is 0 Å². The first-order valence-electron chi connectivity index (χ1n) is 9.59. The number of carbonyl (C=O) groups is 1. The molecule has 0 N–H and O–H groups in total. The van der Waals surface area contributed by atoms with Crippen LogP contribution in [0.5, 0.6) is 0 Å². The molecule has 0 aliphatic carbocycles. The number of rotatable bonds is 4. The summed E-state index contributed by atoms with van der Waals surface area (Å²) in [6.07, 6.45) is 1.16. The van der Waals surface area contributed by atoms with Crippen LogP contribution >= 0.6 is 34.7 Å². The second-order valence-electron chi connectivity index (χ2n) is 7.68. The molecular formula is C21H22ClN3O2S2. The number of amides is 1. The fraction of sp³-hybridized carbons (Fsp3) is 0.381. The smallest absolute Gasteiger partial charge is 0.276 e. The van der Waals surface area contributed by atoms with Gasteiger partial charge in [0.2, 0.25) is 5.91 Å². The van der Waals surface area contributed by atoms with Gasteiger partial charge in [-0.05, 0) is 54.0 Å². The van der Waals surface area contributed by atoms with Gasteiger partial charge in [0, 0.05) is 18.1 Å². The molecule has 0 radical (unpaired) electrons. The third-order valence-electron chi connectivity index (χ3n) is 5.08. The van der Waals surface area contributed by atoms with E-state index < -0.39 is 0 Å². The molecule has 0 unspecified atom stereocenters. The first kappa shape index (κ1) is 20.4. The number of aromatic nitrogens is 2. The maximum atomic E-state index is 13.1. The molecule has 5 nitrogen and oxygen atoms in total. The van der Waals surface area contributed by atoms with Gasteiger partial charge >= 0.3 is 0 Å². The average Bonchev–Trinajstić information content (AvgIpc) is 3.15. The van der Waals surface area contributed by atoms with Crippen LogP contribution in [0.4, 0.5) is 0 Å². The summed E-state index contributed by atoms with van der Waals surface area (Å²) in [5.74, 6) is 1.38. The summed E-state index contributed by atoms with van der Waals surface area (Å²) in [5.41, 5.74) is 1.24. The highest BCUT2D eigenvalue weighted by atomic mass is 35.5. The molecule has 2 aromatic heterocycles. The Morgan fingerprint density at radius 2 is 1.90 bits per heavy atom. The van der Waals surface area contributed by atoms with E-state index in [0.717, 1.165) is 19.5 Å². The van der Waals surface area contributed by atoms with Crippen LogP contribution in [-0.4, -0.2) is 39.2 Å². The Bertz CT molecular complexity index is 1080. The normalized spacial score (nSPS) is 19.6. The molecule has 2 atom stereocenters. The van der Waals surface area contributed by atoms with Crippen molar-refractivity contribution >= 4 is 50.8 Å². The molecular weight excluding hydrogens is 426 g/mol. The van der Waals surface area contributed by atoms with Gasteiger partial charge < -0.3 is 4.90 Å². The van der Waals surface area contributed by atoms with Crippen LogP contribution in [-0.2, 0) is 4.79 Å². The van der Waals surface area contributed by atoms with Crippen molar-refractivity contribution < 1.29 is 4.79 Å². The lowest BCUT2D eigenvalue weighted by Crippen LogP contribution is -2.43. The maximum absolute atomic E-state index is 13.1. The van der Waals surface area contributed by atoms with E-state index in [1.165, 1.54) is 23.1 Å². The second-order valence-corrected chi connectivity index (χ2v) is 9.97. The Morgan fingerprint density at radius 3 is 2.59 bits per heavy atom. The number of thiophene rings is 1. The van der Waals surface area contributed by atoms with Gasteiger partial charge in [-0.3, -0.25) is 14.2 Å². The summed E-state index contributed by atoms with van der Waals surface area (Å²) in [6, 6.07) is 8.93. The highest BCUT2D eigenvalue weighted by Gasteiger charge is 2.26. The zero-order valence-corrected chi connectivity index (χ0v) is 18.7. The van der Waals surface area contributed by atoms with Crippen molar-refractivity contribution in [2.45, 2.75) is 25.4 Å². The summed E-state index contributed by atoms with van der Waals surface area (Å²) in [6.45, 7) is 5.97. The third kappa shape index (κ3) is 4.37. The van der Waals surface area contributed by atoms with Crippen molar-refractivity contribution in [3.05, 3.63) is 51.1 Å². The zero-order valence-electron chi connectivity index (χ0n) is 16.3. The topological polar surface area (TPSA) is 55.2 Å². The van der Waals surface area contributed by atoms with Crippen molar-refractivity contribution in [1.29, 1.82) is 0 Å². The fourth-order valence-corrected chi connectivity index (χ4v) is 5.69. The molecule has 1 fully saturated rings. The number of carbonyl (C=O) groups excluding carboxylic acids is 1. The highest BCUT2D eigenvalue weighted by Crippen LogP contribution is 2.26. The first-order chi connectivity index (χ1) is 13.9. The molecule has 0 spiro atoms. The van der Waals surface area contributed by atoms with Crippen molar-refractivity contribution in [3.8, 4) is 5.69 Å². The molecule has 1 amide bonds. The minimum Gasteiger partial charge on any atom is -0.341 e. The Morgan fingerprint density at radius 1 is 1.21 bits per heavy atom. The number of thioether (sulfide) groups is 1. The van der Waals surface area contributed by atoms with Gasteiger partial charge in [-0.2, -0.15) is 0 Å². The largest absolute Gasteiger partial charge is 0.341 e. The summed E-state index contributed by atoms with van der Waals surface area (Å²) in [4.78, 5) is 32.6. The maximum Gasteiger partial charge on any atom is 0.276 e. The predicted molar refractivity (Wildman–Crippen MR) is 120 cm³/mol. The third-order valence-corrected chi connectivity index (χ3v) is 7.15. The number of fused-ring (bicyclic) bond motifs is 1. The Hall–Kier alpha value is -1.83. The van der Waals surface area contributed by atoms with E-state index in [2.05, 4.69) is 18.8 Å². The van der Waals surface area contributed by atoms with Crippen LogP contribution in [0, 0.1) is 11.8 Å². The van der Waals surface area contributed by atoms with E-state index in [-0.39, 0.29) is 17.2 Å². The number of hydrogen-bond donors (Lipinski definition) is 0. The van der Waals surface area contributed by atoms with Crippen LogP contribution in [0.2, 0.25) is 5.02 Å². The van der Waals surface area contributed by atoms with Gasteiger partial charge in [0.15, 0.2) is 5.16 Å². The second kappa shape index (κ2) is 8.50.